The molecule has 0 radical (unpaired) electrons. The lowest BCUT2D eigenvalue weighted by molar-refractivity contribution is -0.120. The largest absolute Gasteiger partial charge is 0.349 e. The number of nitrogens with zero attached hydrogens (tertiary/aromatic N) is 1. The number of carbonyl (C=O) groups excluding carboxylic acids is 3. The number of rotatable bonds is 5. The molecule has 0 atom stereocenters. The van der Waals surface area contributed by atoms with Gasteiger partial charge in [-0.15, -0.1) is 0 Å². The Morgan fingerprint density at radius 1 is 0.818 bits per heavy atom. The van der Waals surface area contributed by atoms with Crippen molar-refractivity contribution >= 4 is 58.0 Å². The monoisotopic (exact) mass is 479 g/mol. The van der Waals surface area contributed by atoms with Crippen LogP contribution in [0.1, 0.15) is 21.5 Å². The number of aryl methyl sites for hydroxylation is 2. The molecule has 0 bridgehead atoms. The third-order valence-electron chi connectivity index (χ3n) is 5.26. The van der Waals surface area contributed by atoms with Crippen LogP contribution in [0.15, 0.2) is 77.5 Å². The molecule has 0 aliphatic carbocycles. The van der Waals surface area contributed by atoms with Gasteiger partial charge in [0.2, 0.25) is 0 Å². The summed E-state index contributed by atoms with van der Waals surface area (Å²) in [5, 5.41) is 6.08. The number of amides is 3. The molecule has 0 aromatic heterocycles. The van der Waals surface area contributed by atoms with Gasteiger partial charge in [0.1, 0.15) is 10.7 Å². The second-order valence-corrected chi connectivity index (χ2v) is 8.35. The lowest BCUT2D eigenvalue weighted by atomic mass is 10.1. The van der Waals surface area contributed by atoms with Crippen molar-refractivity contribution in [2.75, 3.05) is 15.5 Å². The van der Waals surface area contributed by atoms with Gasteiger partial charge in [-0.25, -0.2) is 4.90 Å². The van der Waals surface area contributed by atoms with Crippen molar-refractivity contribution in [3.63, 3.8) is 0 Å². The van der Waals surface area contributed by atoms with Crippen LogP contribution < -0.4 is 15.5 Å². The Balaban J connectivity index is 1.59. The first-order valence-electron chi connectivity index (χ1n) is 10.0. The van der Waals surface area contributed by atoms with Gasteiger partial charge in [0.05, 0.1) is 5.69 Å². The van der Waals surface area contributed by atoms with E-state index >= 15 is 0 Å². The Bertz CT molecular complexity index is 1320. The summed E-state index contributed by atoms with van der Waals surface area (Å²) < 4.78 is 0. The molecule has 1 aliphatic heterocycles. The summed E-state index contributed by atoms with van der Waals surface area (Å²) in [6, 6.07) is 18.8. The zero-order valence-electron chi connectivity index (χ0n) is 17.8. The smallest absolute Gasteiger partial charge is 0.283 e. The molecule has 0 spiro atoms. The number of para-hydroxylation sites is 1. The maximum Gasteiger partial charge on any atom is 0.283 e. The molecular formula is C25H19Cl2N3O3. The van der Waals surface area contributed by atoms with Crippen LogP contribution in [0.2, 0.25) is 5.02 Å². The fraction of sp³-hybridized carbons (Fsp3) is 0.0800. The summed E-state index contributed by atoms with van der Waals surface area (Å²) in [5.74, 6) is -1.54. The van der Waals surface area contributed by atoms with E-state index in [0.717, 1.165) is 16.0 Å². The molecule has 33 heavy (non-hydrogen) atoms. The number of carbonyl (C=O) groups is 3. The van der Waals surface area contributed by atoms with Gasteiger partial charge in [-0.3, -0.25) is 14.4 Å². The van der Waals surface area contributed by atoms with Crippen molar-refractivity contribution in [1.29, 1.82) is 0 Å². The third-order valence-corrected chi connectivity index (χ3v) is 5.87. The zero-order valence-corrected chi connectivity index (χ0v) is 19.3. The van der Waals surface area contributed by atoms with Gasteiger partial charge in [0, 0.05) is 22.0 Å². The Kier molecular flexibility index (Phi) is 6.22. The van der Waals surface area contributed by atoms with Crippen LogP contribution in [0.5, 0.6) is 0 Å². The first-order valence-corrected chi connectivity index (χ1v) is 10.8. The third kappa shape index (κ3) is 4.49. The maximum absolute atomic E-state index is 13.0. The van der Waals surface area contributed by atoms with E-state index in [0.29, 0.717) is 27.6 Å². The summed E-state index contributed by atoms with van der Waals surface area (Å²) >= 11 is 12.1. The van der Waals surface area contributed by atoms with Crippen LogP contribution in [0.3, 0.4) is 0 Å². The van der Waals surface area contributed by atoms with Gasteiger partial charge in [-0.05, 0) is 67.4 Å². The second-order valence-electron chi connectivity index (χ2n) is 7.53. The normalized spacial score (nSPS) is 13.5. The molecule has 0 saturated carbocycles. The zero-order chi connectivity index (χ0) is 23.7. The summed E-state index contributed by atoms with van der Waals surface area (Å²) in [6.07, 6.45) is 0. The minimum absolute atomic E-state index is 0.0591. The number of nitrogens with one attached hydrogen (secondary N) is 2. The van der Waals surface area contributed by atoms with Crippen molar-refractivity contribution in [1.82, 2.24) is 0 Å². The Labute approximate surface area is 200 Å². The molecule has 1 heterocycles. The molecule has 3 aromatic rings. The minimum atomic E-state index is -0.641. The molecule has 166 valence electrons. The molecule has 1 aliphatic rings. The van der Waals surface area contributed by atoms with Crippen LogP contribution in [0, 0.1) is 13.8 Å². The van der Waals surface area contributed by atoms with Crippen LogP contribution in [0.4, 0.5) is 17.1 Å². The maximum atomic E-state index is 13.0. The molecule has 0 fully saturated rings. The van der Waals surface area contributed by atoms with Gasteiger partial charge >= 0.3 is 0 Å². The predicted octanol–water partition coefficient (Wildman–Crippen LogP) is 5.64. The molecule has 6 nitrogen and oxygen atoms in total. The number of benzene rings is 3. The minimum Gasteiger partial charge on any atom is -0.349 e. The summed E-state index contributed by atoms with van der Waals surface area (Å²) in [6.45, 7) is 3.72. The topological polar surface area (TPSA) is 78.5 Å². The Hall–Kier alpha value is -3.61. The molecule has 4 rings (SSSR count). The van der Waals surface area contributed by atoms with E-state index in [1.165, 1.54) is 0 Å². The summed E-state index contributed by atoms with van der Waals surface area (Å²) in [5.41, 5.74) is 3.58. The highest BCUT2D eigenvalue weighted by Gasteiger charge is 2.39. The molecule has 2 N–H and O–H groups in total. The van der Waals surface area contributed by atoms with E-state index < -0.39 is 11.8 Å². The van der Waals surface area contributed by atoms with Crippen molar-refractivity contribution in [3.8, 4) is 0 Å². The first kappa shape index (κ1) is 22.6. The standard InChI is InChI=1S/C25H19Cl2N3O3/c1-14-5-3-4-6-19(14)29-23(31)16-8-7-15(2)20(13-16)28-22-21(27)24(32)30(25(22)33)18-11-9-17(26)10-12-18/h3-13,28H,1-2H3,(H,29,31). The number of hydrogen-bond donors (Lipinski definition) is 2. The van der Waals surface area contributed by atoms with Crippen molar-refractivity contribution in [2.45, 2.75) is 13.8 Å². The van der Waals surface area contributed by atoms with Gasteiger partial charge in [0.15, 0.2) is 0 Å². The van der Waals surface area contributed by atoms with E-state index in [4.69, 9.17) is 23.2 Å². The lowest BCUT2D eigenvalue weighted by Gasteiger charge is -2.16. The average Bonchev–Trinajstić information content (AvgIpc) is 3.00. The van der Waals surface area contributed by atoms with E-state index in [1.54, 1.807) is 42.5 Å². The average molecular weight is 480 g/mol. The van der Waals surface area contributed by atoms with Crippen LogP contribution in [-0.4, -0.2) is 17.7 Å². The molecule has 0 saturated heterocycles. The number of anilines is 3. The number of imide groups is 1. The second kappa shape index (κ2) is 9.10. The highest BCUT2D eigenvalue weighted by atomic mass is 35.5. The Morgan fingerprint density at radius 2 is 1.48 bits per heavy atom. The lowest BCUT2D eigenvalue weighted by Crippen LogP contribution is -2.32. The molecule has 8 heteroatoms. The summed E-state index contributed by atoms with van der Waals surface area (Å²) in [7, 11) is 0. The van der Waals surface area contributed by atoms with E-state index in [1.807, 2.05) is 38.1 Å². The van der Waals surface area contributed by atoms with Crippen LogP contribution >= 0.6 is 23.2 Å². The predicted molar refractivity (Wildman–Crippen MR) is 131 cm³/mol. The van der Waals surface area contributed by atoms with Crippen molar-refractivity contribution in [2.24, 2.45) is 0 Å². The molecule has 3 aromatic carbocycles. The molecule has 0 unspecified atom stereocenters. The van der Waals surface area contributed by atoms with E-state index in [9.17, 15) is 14.4 Å². The highest BCUT2D eigenvalue weighted by molar-refractivity contribution is 6.53. The van der Waals surface area contributed by atoms with Gasteiger partial charge in [0.25, 0.3) is 17.7 Å². The van der Waals surface area contributed by atoms with E-state index in [2.05, 4.69) is 10.6 Å². The Morgan fingerprint density at radius 3 is 2.18 bits per heavy atom. The SMILES string of the molecule is Cc1ccccc1NC(=O)c1ccc(C)c(NC2=C(Cl)C(=O)N(c3ccc(Cl)cc3)C2=O)c1. The summed E-state index contributed by atoms with van der Waals surface area (Å²) in [4.78, 5) is 39.5. The van der Waals surface area contributed by atoms with E-state index in [-0.39, 0.29) is 16.6 Å². The van der Waals surface area contributed by atoms with Gasteiger partial charge < -0.3 is 10.6 Å². The number of hydrogen-bond acceptors (Lipinski definition) is 4. The fourth-order valence-electron chi connectivity index (χ4n) is 3.38. The van der Waals surface area contributed by atoms with Gasteiger partial charge in [-0.2, -0.15) is 0 Å². The molecular weight excluding hydrogens is 461 g/mol. The fourth-order valence-corrected chi connectivity index (χ4v) is 3.71. The first-order chi connectivity index (χ1) is 15.8. The van der Waals surface area contributed by atoms with Gasteiger partial charge in [-0.1, -0.05) is 47.5 Å². The quantitative estimate of drug-likeness (QED) is 0.463. The number of halogens is 2. The van der Waals surface area contributed by atoms with Crippen LogP contribution in [0.25, 0.3) is 0 Å². The van der Waals surface area contributed by atoms with Crippen LogP contribution in [-0.2, 0) is 9.59 Å². The highest BCUT2D eigenvalue weighted by Crippen LogP contribution is 2.31. The molecule has 3 amide bonds. The van der Waals surface area contributed by atoms with Crippen molar-refractivity contribution in [3.05, 3.63) is 99.2 Å². The van der Waals surface area contributed by atoms with Crippen molar-refractivity contribution < 1.29 is 14.4 Å².